The number of halogens is 1. The van der Waals surface area contributed by atoms with E-state index in [4.69, 9.17) is 16.3 Å². The van der Waals surface area contributed by atoms with E-state index in [2.05, 4.69) is 12.2 Å². The van der Waals surface area contributed by atoms with Gasteiger partial charge < -0.3 is 15.0 Å². The van der Waals surface area contributed by atoms with Crippen LogP contribution < -0.4 is 10.1 Å². The highest BCUT2D eigenvalue weighted by Gasteiger charge is 2.26. The highest BCUT2D eigenvalue weighted by molar-refractivity contribution is 6.30. The first kappa shape index (κ1) is 23.7. The van der Waals surface area contributed by atoms with E-state index in [9.17, 15) is 9.59 Å². The van der Waals surface area contributed by atoms with Gasteiger partial charge in [-0.25, -0.2) is 0 Å². The molecule has 2 aromatic carbocycles. The van der Waals surface area contributed by atoms with Crippen molar-refractivity contribution < 1.29 is 14.3 Å². The summed E-state index contributed by atoms with van der Waals surface area (Å²) in [7, 11) is 0. The highest BCUT2D eigenvalue weighted by Crippen LogP contribution is 2.18. The minimum Gasteiger partial charge on any atom is -0.484 e. The van der Waals surface area contributed by atoms with Crippen molar-refractivity contribution in [3.63, 3.8) is 0 Å². The van der Waals surface area contributed by atoms with E-state index in [1.165, 1.54) is 4.90 Å². The quantitative estimate of drug-likeness (QED) is 0.557. The second-order valence-corrected chi connectivity index (χ2v) is 7.94. The summed E-state index contributed by atoms with van der Waals surface area (Å²) in [6.45, 7) is 8.55. The summed E-state index contributed by atoms with van der Waals surface area (Å²) < 4.78 is 5.73. The van der Waals surface area contributed by atoms with Crippen LogP contribution >= 0.6 is 11.6 Å². The molecule has 0 saturated carbocycles. The fourth-order valence-electron chi connectivity index (χ4n) is 2.98. The Hall–Kier alpha value is -2.53. The molecule has 6 heteroatoms. The molecule has 0 heterocycles. The standard InChI is InChI=1S/C24H31ClN2O3/c1-5-6-12-26-24(29)19(4)27(15-20-8-7-9-21(25)14-20)23(28)16-30-22-11-10-17(2)18(3)13-22/h7-11,13-14,19H,5-6,12,15-16H2,1-4H3,(H,26,29)/t19-/m0/s1. The maximum atomic E-state index is 13.0. The van der Waals surface area contributed by atoms with Crippen LogP contribution in [0.25, 0.3) is 0 Å². The third kappa shape index (κ3) is 7.06. The van der Waals surface area contributed by atoms with Gasteiger partial charge in [0.2, 0.25) is 5.91 Å². The molecule has 1 atom stereocenters. The van der Waals surface area contributed by atoms with Crippen LogP contribution in [0.2, 0.25) is 5.02 Å². The van der Waals surface area contributed by atoms with Crippen molar-refractivity contribution in [3.8, 4) is 5.75 Å². The smallest absolute Gasteiger partial charge is 0.261 e. The molecule has 0 spiro atoms. The molecule has 0 fully saturated rings. The number of hydrogen-bond acceptors (Lipinski definition) is 3. The van der Waals surface area contributed by atoms with Crippen molar-refractivity contribution in [1.82, 2.24) is 10.2 Å². The number of unbranched alkanes of at least 4 members (excludes halogenated alkanes) is 1. The van der Waals surface area contributed by atoms with Gasteiger partial charge in [-0.2, -0.15) is 0 Å². The molecular formula is C24H31ClN2O3. The maximum absolute atomic E-state index is 13.0. The summed E-state index contributed by atoms with van der Waals surface area (Å²) in [5.74, 6) is 0.200. The lowest BCUT2D eigenvalue weighted by molar-refractivity contribution is -0.142. The molecule has 2 rings (SSSR count). The predicted octanol–water partition coefficient (Wildman–Crippen LogP) is 4.67. The van der Waals surface area contributed by atoms with E-state index in [0.717, 1.165) is 29.5 Å². The third-order valence-corrected chi connectivity index (χ3v) is 5.31. The van der Waals surface area contributed by atoms with Gasteiger partial charge in [0.1, 0.15) is 11.8 Å². The molecule has 30 heavy (non-hydrogen) atoms. The van der Waals surface area contributed by atoms with E-state index < -0.39 is 6.04 Å². The average Bonchev–Trinajstić information content (AvgIpc) is 2.72. The van der Waals surface area contributed by atoms with Gasteiger partial charge >= 0.3 is 0 Å². The lowest BCUT2D eigenvalue weighted by Gasteiger charge is -2.29. The lowest BCUT2D eigenvalue weighted by atomic mass is 10.1. The number of nitrogens with one attached hydrogen (secondary N) is 1. The van der Waals surface area contributed by atoms with Gasteiger partial charge in [0.15, 0.2) is 6.61 Å². The first-order valence-electron chi connectivity index (χ1n) is 10.3. The van der Waals surface area contributed by atoms with Gasteiger partial charge in [-0.15, -0.1) is 0 Å². The van der Waals surface area contributed by atoms with Crippen LogP contribution in [-0.2, 0) is 16.1 Å². The minimum atomic E-state index is -0.628. The summed E-state index contributed by atoms with van der Waals surface area (Å²) >= 11 is 6.10. The number of ether oxygens (including phenoxy) is 1. The molecule has 5 nitrogen and oxygen atoms in total. The third-order valence-electron chi connectivity index (χ3n) is 5.08. The van der Waals surface area contributed by atoms with E-state index in [1.807, 2.05) is 44.2 Å². The number of amides is 2. The first-order chi connectivity index (χ1) is 14.3. The molecule has 2 amide bonds. The summed E-state index contributed by atoms with van der Waals surface area (Å²) in [6, 6.07) is 12.4. The summed E-state index contributed by atoms with van der Waals surface area (Å²) in [4.78, 5) is 27.2. The van der Waals surface area contributed by atoms with Gasteiger partial charge in [0.25, 0.3) is 5.91 Å². The summed E-state index contributed by atoms with van der Waals surface area (Å²) in [5.41, 5.74) is 3.11. The van der Waals surface area contributed by atoms with Gasteiger partial charge in [0, 0.05) is 18.1 Å². The van der Waals surface area contributed by atoms with Crippen LogP contribution in [0, 0.1) is 13.8 Å². The van der Waals surface area contributed by atoms with Gasteiger partial charge in [-0.3, -0.25) is 9.59 Å². The van der Waals surface area contributed by atoms with Crippen LogP contribution in [0.5, 0.6) is 5.75 Å². The molecule has 0 saturated heterocycles. The molecule has 0 unspecified atom stereocenters. The summed E-state index contributed by atoms with van der Waals surface area (Å²) in [6.07, 6.45) is 1.89. The van der Waals surface area contributed by atoms with Crippen LogP contribution in [-0.4, -0.2) is 35.9 Å². The molecule has 2 aromatic rings. The molecule has 0 aliphatic carbocycles. The van der Waals surface area contributed by atoms with Gasteiger partial charge in [-0.05, 0) is 68.1 Å². The maximum Gasteiger partial charge on any atom is 0.261 e. The normalized spacial score (nSPS) is 11.6. The Morgan fingerprint density at radius 2 is 1.90 bits per heavy atom. The first-order valence-corrected chi connectivity index (χ1v) is 10.7. The van der Waals surface area contributed by atoms with Crippen molar-refractivity contribution in [2.75, 3.05) is 13.2 Å². The number of nitrogens with zero attached hydrogens (tertiary/aromatic N) is 1. The van der Waals surface area contributed by atoms with E-state index in [0.29, 0.717) is 17.3 Å². The Morgan fingerprint density at radius 3 is 2.57 bits per heavy atom. The van der Waals surface area contributed by atoms with Crippen LogP contribution in [0.3, 0.4) is 0 Å². The van der Waals surface area contributed by atoms with Crippen LogP contribution in [0.15, 0.2) is 42.5 Å². The second-order valence-electron chi connectivity index (χ2n) is 7.51. The lowest BCUT2D eigenvalue weighted by Crippen LogP contribution is -2.49. The summed E-state index contributed by atoms with van der Waals surface area (Å²) in [5, 5.41) is 3.49. The number of carbonyl (C=O) groups is 2. The minimum absolute atomic E-state index is 0.143. The fourth-order valence-corrected chi connectivity index (χ4v) is 3.20. The second kappa shape index (κ2) is 11.6. The molecule has 0 aliphatic heterocycles. The zero-order chi connectivity index (χ0) is 22.1. The molecular weight excluding hydrogens is 400 g/mol. The Balaban J connectivity index is 2.12. The molecule has 0 bridgehead atoms. The monoisotopic (exact) mass is 430 g/mol. The topological polar surface area (TPSA) is 58.6 Å². The van der Waals surface area contributed by atoms with E-state index in [1.54, 1.807) is 19.1 Å². The SMILES string of the molecule is CCCCNC(=O)[C@H](C)N(Cc1cccc(Cl)c1)C(=O)COc1ccc(C)c(C)c1. The molecule has 0 aromatic heterocycles. The highest BCUT2D eigenvalue weighted by atomic mass is 35.5. The largest absolute Gasteiger partial charge is 0.484 e. The van der Waals surface area contributed by atoms with Crippen molar-refractivity contribution in [2.24, 2.45) is 0 Å². The Morgan fingerprint density at radius 1 is 1.13 bits per heavy atom. The van der Waals surface area contributed by atoms with Crippen molar-refractivity contribution in [1.29, 1.82) is 0 Å². The average molecular weight is 431 g/mol. The Bertz CT molecular complexity index is 869. The fraction of sp³-hybridized carbons (Fsp3) is 0.417. The number of carbonyl (C=O) groups excluding carboxylic acids is 2. The molecule has 162 valence electrons. The number of rotatable bonds is 10. The molecule has 1 N–H and O–H groups in total. The predicted molar refractivity (Wildman–Crippen MR) is 121 cm³/mol. The van der Waals surface area contributed by atoms with Gasteiger partial charge in [0.05, 0.1) is 0 Å². The molecule has 0 radical (unpaired) electrons. The van der Waals surface area contributed by atoms with E-state index >= 15 is 0 Å². The number of hydrogen-bond donors (Lipinski definition) is 1. The van der Waals surface area contributed by atoms with Crippen LogP contribution in [0.4, 0.5) is 0 Å². The zero-order valence-electron chi connectivity index (χ0n) is 18.2. The molecule has 0 aliphatic rings. The Kier molecular flexibility index (Phi) is 9.18. The van der Waals surface area contributed by atoms with E-state index in [-0.39, 0.29) is 25.0 Å². The zero-order valence-corrected chi connectivity index (χ0v) is 19.0. The van der Waals surface area contributed by atoms with Gasteiger partial charge in [-0.1, -0.05) is 43.1 Å². The number of aryl methyl sites for hydroxylation is 2. The van der Waals surface area contributed by atoms with Crippen LogP contribution in [0.1, 0.15) is 43.4 Å². The van der Waals surface area contributed by atoms with Crippen molar-refractivity contribution >= 4 is 23.4 Å². The Labute approximate surface area is 184 Å². The van der Waals surface area contributed by atoms with Crippen molar-refractivity contribution in [3.05, 3.63) is 64.2 Å². The van der Waals surface area contributed by atoms with Crippen molar-refractivity contribution in [2.45, 2.75) is 53.1 Å². The number of benzene rings is 2.